The largest absolute Gasteiger partial charge is 0.287 e. The van der Waals surface area contributed by atoms with Gasteiger partial charge in [-0.15, -0.1) is 0 Å². The van der Waals surface area contributed by atoms with Crippen LogP contribution in [-0.4, -0.2) is 11.6 Å². The van der Waals surface area contributed by atoms with Crippen LogP contribution in [0.1, 0.15) is 5.56 Å². The number of fused-ring (bicyclic) bond motifs is 3. The van der Waals surface area contributed by atoms with E-state index in [9.17, 15) is 0 Å². The fraction of sp³-hybridized carbons (Fsp3) is 0.136. The summed E-state index contributed by atoms with van der Waals surface area (Å²) in [6.07, 6.45) is 1.87. The average Bonchev–Trinajstić information content (AvgIpc) is 2.67. The standard InChI is InChI=1S/C22H17N3P/c1-13-16-8-6-5-7-14(16)9-18-20(13)22-21-17(24-12-25(22)3)10-15(23-2)11-19(21)26(18)4/h5-12H,1,3-4H3/q+1. The van der Waals surface area contributed by atoms with Crippen molar-refractivity contribution in [2.75, 3.05) is 6.66 Å². The van der Waals surface area contributed by atoms with Crippen molar-refractivity contribution in [3.63, 3.8) is 0 Å². The van der Waals surface area contributed by atoms with Gasteiger partial charge in [0.25, 0.3) is 6.33 Å². The zero-order chi connectivity index (χ0) is 18.0. The van der Waals surface area contributed by atoms with E-state index < -0.39 is 7.92 Å². The summed E-state index contributed by atoms with van der Waals surface area (Å²) < 4.78 is 2.13. The molecule has 1 aromatic heterocycles. The van der Waals surface area contributed by atoms with Crippen molar-refractivity contribution in [3.8, 4) is 11.3 Å². The molecule has 1 unspecified atom stereocenters. The third kappa shape index (κ3) is 1.91. The normalized spacial score (nSPS) is 15.1. The maximum Gasteiger partial charge on any atom is 0.287 e. The van der Waals surface area contributed by atoms with Crippen LogP contribution in [0.15, 0.2) is 48.8 Å². The Bertz CT molecular complexity index is 1280. The lowest BCUT2D eigenvalue weighted by atomic mass is 9.95. The Labute approximate surface area is 153 Å². The van der Waals surface area contributed by atoms with Crippen LogP contribution in [0.2, 0.25) is 0 Å². The molecule has 26 heavy (non-hydrogen) atoms. The van der Waals surface area contributed by atoms with Crippen LogP contribution in [-0.2, 0) is 7.05 Å². The number of hydrogen-bond donors (Lipinski definition) is 0. The Hall–Kier alpha value is -2.82. The summed E-state index contributed by atoms with van der Waals surface area (Å²) in [5, 5.41) is 6.47. The second-order valence-electron chi connectivity index (χ2n) is 6.85. The predicted molar refractivity (Wildman–Crippen MR) is 109 cm³/mol. The molecule has 1 aliphatic rings. The Kier molecular flexibility index (Phi) is 3.17. The van der Waals surface area contributed by atoms with E-state index in [4.69, 9.17) is 6.57 Å². The second-order valence-corrected chi connectivity index (χ2v) is 8.93. The van der Waals surface area contributed by atoms with Gasteiger partial charge in [-0.05, 0) is 66.7 Å². The van der Waals surface area contributed by atoms with Gasteiger partial charge in [0.05, 0.1) is 19.0 Å². The second kappa shape index (κ2) is 5.34. The fourth-order valence-electron chi connectivity index (χ4n) is 4.16. The molecular weight excluding hydrogens is 337 g/mol. The van der Waals surface area contributed by atoms with Crippen molar-refractivity contribution in [3.05, 3.63) is 65.8 Å². The van der Waals surface area contributed by atoms with Gasteiger partial charge in [0, 0.05) is 5.56 Å². The molecule has 0 saturated carbocycles. The first-order chi connectivity index (χ1) is 12.6. The Morgan fingerprint density at radius 2 is 1.92 bits per heavy atom. The number of aryl methyl sites for hydroxylation is 2. The van der Waals surface area contributed by atoms with Crippen molar-refractivity contribution in [2.24, 2.45) is 7.05 Å². The Morgan fingerprint density at radius 1 is 1.12 bits per heavy atom. The van der Waals surface area contributed by atoms with E-state index in [-0.39, 0.29) is 0 Å². The van der Waals surface area contributed by atoms with Crippen LogP contribution in [0.4, 0.5) is 5.69 Å². The molecule has 0 radical (unpaired) electrons. The third-order valence-corrected chi connectivity index (χ3v) is 7.57. The Balaban J connectivity index is 2.04. The first kappa shape index (κ1) is 15.4. The van der Waals surface area contributed by atoms with Crippen molar-refractivity contribution in [1.29, 1.82) is 0 Å². The van der Waals surface area contributed by atoms with E-state index in [1.165, 1.54) is 43.6 Å². The molecule has 0 fully saturated rings. The van der Waals surface area contributed by atoms with E-state index in [2.05, 4.69) is 71.4 Å². The minimum Gasteiger partial charge on any atom is -0.238 e. The summed E-state index contributed by atoms with van der Waals surface area (Å²) in [6.45, 7) is 12.0. The molecule has 3 nitrogen and oxygen atoms in total. The smallest absolute Gasteiger partial charge is 0.238 e. The zero-order valence-electron chi connectivity index (χ0n) is 14.9. The molecule has 0 amide bonds. The quantitative estimate of drug-likeness (QED) is 0.264. The van der Waals surface area contributed by atoms with Crippen LogP contribution in [0.25, 0.3) is 37.8 Å². The van der Waals surface area contributed by atoms with Crippen molar-refractivity contribution >= 4 is 45.9 Å². The van der Waals surface area contributed by atoms with Crippen molar-refractivity contribution in [2.45, 2.75) is 6.92 Å². The summed E-state index contributed by atoms with van der Waals surface area (Å²) in [7, 11) is 1.53. The van der Waals surface area contributed by atoms with Crippen LogP contribution in [0.3, 0.4) is 0 Å². The molecule has 4 heteroatoms. The van der Waals surface area contributed by atoms with Gasteiger partial charge < -0.3 is 0 Å². The molecule has 5 rings (SSSR count). The first-order valence-corrected chi connectivity index (χ1v) is 10.4. The molecule has 0 saturated heterocycles. The lowest BCUT2D eigenvalue weighted by Gasteiger charge is -2.27. The van der Waals surface area contributed by atoms with Gasteiger partial charge in [-0.1, -0.05) is 29.2 Å². The van der Waals surface area contributed by atoms with E-state index in [1.807, 2.05) is 12.4 Å². The van der Waals surface area contributed by atoms with E-state index >= 15 is 0 Å². The zero-order valence-corrected chi connectivity index (χ0v) is 15.8. The first-order valence-electron chi connectivity index (χ1n) is 8.56. The molecule has 2 heterocycles. The highest BCUT2D eigenvalue weighted by Crippen LogP contribution is 2.45. The third-order valence-electron chi connectivity index (χ3n) is 5.42. The van der Waals surface area contributed by atoms with Gasteiger partial charge in [-0.2, -0.15) is 0 Å². The maximum atomic E-state index is 7.46. The van der Waals surface area contributed by atoms with Gasteiger partial charge in [0.1, 0.15) is 5.69 Å². The topological polar surface area (TPSA) is 21.1 Å². The highest BCUT2D eigenvalue weighted by Gasteiger charge is 2.32. The average molecular weight is 354 g/mol. The van der Waals surface area contributed by atoms with E-state index in [0.717, 1.165) is 5.52 Å². The number of aromatic nitrogens is 2. The van der Waals surface area contributed by atoms with Gasteiger partial charge in [0.15, 0.2) is 11.2 Å². The Morgan fingerprint density at radius 3 is 2.73 bits per heavy atom. The molecule has 0 aliphatic carbocycles. The van der Waals surface area contributed by atoms with Crippen LogP contribution in [0.5, 0.6) is 0 Å². The number of hydrogen-bond acceptors (Lipinski definition) is 1. The van der Waals surface area contributed by atoms with Crippen molar-refractivity contribution in [1.82, 2.24) is 4.98 Å². The molecule has 0 N–H and O–H groups in total. The summed E-state index contributed by atoms with van der Waals surface area (Å²) in [5.41, 5.74) is 5.50. The van der Waals surface area contributed by atoms with Gasteiger partial charge >= 0.3 is 0 Å². The van der Waals surface area contributed by atoms with E-state index in [0.29, 0.717) is 5.69 Å². The monoisotopic (exact) mass is 354 g/mol. The van der Waals surface area contributed by atoms with Crippen molar-refractivity contribution < 1.29 is 4.57 Å². The van der Waals surface area contributed by atoms with E-state index in [1.54, 1.807) is 0 Å². The molecule has 1 atom stereocenters. The number of benzene rings is 3. The SMILES string of the molecule is [C-]#[N+]c1cc2c3c([n+](C)cnc3c1)-c1c(cc3ccccc3c1C)P2C. The van der Waals surface area contributed by atoms with Crippen LogP contribution >= 0.6 is 7.92 Å². The highest BCUT2D eigenvalue weighted by atomic mass is 31.1. The van der Waals surface area contributed by atoms with Gasteiger partial charge in [-0.3, -0.25) is 0 Å². The molecule has 3 aromatic carbocycles. The molecule has 124 valence electrons. The number of nitrogens with zero attached hydrogens (tertiary/aromatic N) is 3. The predicted octanol–water partition coefficient (Wildman–Crippen LogP) is 4.11. The lowest BCUT2D eigenvalue weighted by molar-refractivity contribution is -0.662. The molecule has 4 aromatic rings. The number of rotatable bonds is 0. The summed E-state index contributed by atoms with van der Waals surface area (Å²) in [4.78, 5) is 8.30. The van der Waals surface area contributed by atoms with Gasteiger partial charge in [-0.25, -0.2) is 9.41 Å². The molecular formula is C22H17N3P+. The summed E-state index contributed by atoms with van der Waals surface area (Å²) >= 11 is 0. The molecule has 0 bridgehead atoms. The van der Waals surface area contributed by atoms with Crippen LogP contribution < -0.4 is 15.2 Å². The molecule has 0 spiro atoms. The summed E-state index contributed by atoms with van der Waals surface area (Å²) in [6, 6.07) is 14.9. The summed E-state index contributed by atoms with van der Waals surface area (Å²) in [5.74, 6) is 0. The van der Waals surface area contributed by atoms with Crippen LogP contribution in [0, 0.1) is 13.5 Å². The molecule has 1 aliphatic heterocycles. The minimum atomic E-state index is -0.533. The lowest BCUT2D eigenvalue weighted by Crippen LogP contribution is -2.37. The highest BCUT2D eigenvalue weighted by molar-refractivity contribution is 7.73. The fourth-order valence-corrected chi connectivity index (χ4v) is 6.24. The van der Waals surface area contributed by atoms with Gasteiger partial charge in [0.2, 0.25) is 0 Å². The minimum absolute atomic E-state index is 0.533. The maximum absolute atomic E-state index is 7.46.